The second-order valence-electron chi connectivity index (χ2n) is 7.86. The van der Waals surface area contributed by atoms with Crippen molar-refractivity contribution < 1.29 is 27.4 Å². The van der Waals surface area contributed by atoms with Gasteiger partial charge in [0.15, 0.2) is 12.9 Å². The van der Waals surface area contributed by atoms with E-state index < -0.39 is 12.8 Å². The van der Waals surface area contributed by atoms with Crippen LogP contribution in [0.4, 0.5) is 13.2 Å². The van der Waals surface area contributed by atoms with E-state index in [9.17, 15) is 18.0 Å². The van der Waals surface area contributed by atoms with Gasteiger partial charge in [0.25, 0.3) is 0 Å². The second-order valence-corrected chi connectivity index (χ2v) is 7.86. The predicted octanol–water partition coefficient (Wildman–Crippen LogP) is 6.48. The number of benzene rings is 3. The minimum atomic E-state index is -4.49. The van der Waals surface area contributed by atoms with Crippen molar-refractivity contribution in [1.29, 1.82) is 0 Å². The Kier molecular flexibility index (Phi) is 6.21. The molecule has 0 spiro atoms. The lowest BCUT2D eigenvalue weighted by atomic mass is 9.97. The molecule has 3 aromatic carbocycles. The van der Waals surface area contributed by atoms with Crippen LogP contribution in [-0.4, -0.2) is 19.1 Å². The number of halogens is 3. The molecule has 0 aromatic heterocycles. The van der Waals surface area contributed by atoms with Crippen LogP contribution in [0.2, 0.25) is 0 Å². The highest BCUT2D eigenvalue weighted by Crippen LogP contribution is 2.39. The summed E-state index contributed by atoms with van der Waals surface area (Å²) in [5.41, 5.74) is 6.06. The van der Waals surface area contributed by atoms with E-state index in [0.29, 0.717) is 24.9 Å². The van der Waals surface area contributed by atoms with Crippen LogP contribution in [0.3, 0.4) is 0 Å². The largest absolute Gasteiger partial charge is 0.488 e. The van der Waals surface area contributed by atoms with Crippen molar-refractivity contribution in [3.63, 3.8) is 0 Å². The Morgan fingerprint density at radius 3 is 2.41 bits per heavy atom. The summed E-state index contributed by atoms with van der Waals surface area (Å²) in [4.78, 5) is 11.6. The van der Waals surface area contributed by atoms with Gasteiger partial charge in [0.05, 0.1) is 5.56 Å². The first kappa shape index (κ1) is 21.9. The maximum absolute atomic E-state index is 12.7. The van der Waals surface area contributed by atoms with Crippen molar-refractivity contribution in [2.75, 3.05) is 6.61 Å². The Bertz CT molecular complexity index is 1120. The monoisotopic (exact) mass is 440 g/mol. The lowest BCUT2D eigenvalue weighted by Gasteiger charge is -2.18. The maximum atomic E-state index is 12.7. The number of hydrogen-bond donors (Lipinski definition) is 0. The van der Waals surface area contributed by atoms with Gasteiger partial charge in [0.1, 0.15) is 18.1 Å². The van der Waals surface area contributed by atoms with Crippen LogP contribution in [0.15, 0.2) is 54.6 Å². The second kappa shape index (κ2) is 9.07. The van der Waals surface area contributed by atoms with E-state index in [0.717, 1.165) is 39.8 Å². The molecule has 0 unspecified atom stereocenters. The molecule has 0 amide bonds. The number of carbonyl (C=O) groups excluding carboxylic acids is 1. The summed E-state index contributed by atoms with van der Waals surface area (Å²) >= 11 is 0. The Labute approximate surface area is 184 Å². The smallest absolute Gasteiger partial charge is 0.422 e. The highest BCUT2D eigenvalue weighted by Gasteiger charge is 2.30. The van der Waals surface area contributed by atoms with Crippen LogP contribution in [0.25, 0.3) is 11.1 Å². The molecule has 0 radical (unpaired) electrons. The molecule has 0 atom stereocenters. The summed E-state index contributed by atoms with van der Waals surface area (Å²) in [7, 11) is 0. The molecule has 0 bridgehead atoms. The summed E-state index contributed by atoms with van der Waals surface area (Å²) in [6.45, 7) is 0.835. The van der Waals surface area contributed by atoms with Crippen molar-refractivity contribution in [2.45, 2.75) is 39.0 Å². The number of fused-ring (bicyclic) bond motifs is 1. The third kappa shape index (κ3) is 4.64. The van der Waals surface area contributed by atoms with Gasteiger partial charge in [-0.05, 0) is 59.6 Å². The van der Waals surface area contributed by atoms with Crippen molar-refractivity contribution in [3.8, 4) is 22.6 Å². The Balaban J connectivity index is 1.63. The minimum absolute atomic E-state index is 0.0808. The molecule has 4 rings (SSSR count). The zero-order valence-electron chi connectivity index (χ0n) is 17.7. The molecule has 0 aliphatic heterocycles. The van der Waals surface area contributed by atoms with Crippen LogP contribution in [0, 0.1) is 6.92 Å². The van der Waals surface area contributed by atoms with Crippen molar-refractivity contribution in [2.24, 2.45) is 0 Å². The molecular formula is C26H23F3O3. The molecule has 1 aliphatic carbocycles. The lowest BCUT2D eigenvalue weighted by molar-refractivity contribution is -0.153. The molecule has 3 nitrogen and oxygen atoms in total. The highest BCUT2D eigenvalue weighted by atomic mass is 19.4. The molecule has 0 saturated carbocycles. The fourth-order valence-corrected chi connectivity index (χ4v) is 4.21. The summed E-state index contributed by atoms with van der Waals surface area (Å²) in [6.07, 6.45) is -1.76. The number of rotatable bonds is 7. The van der Waals surface area contributed by atoms with E-state index in [4.69, 9.17) is 9.47 Å². The van der Waals surface area contributed by atoms with Gasteiger partial charge in [-0.3, -0.25) is 4.79 Å². The first-order valence-corrected chi connectivity index (χ1v) is 10.5. The fraction of sp³-hybridized carbons (Fsp3) is 0.269. The maximum Gasteiger partial charge on any atom is 0.422 e. The van der Waals surface area contributed by atoms with Crippen molar-refractivity contribution >= 4 is 6.29 Å². The van der Waals surface area contributed by atoms with Gasteiger partial charge in [-0.15, -0.1) is 0 Å². The van der Waals surface area contributed by atoms with E-state index in [2.05, 4.69) is 0 Å². The predicted molar refractivity (Wildman–Crippen MR) is 116 cm³/mol. The molecular weight excluding hydrogens is 417 g/mol. The molecule has 0 N–H and O–H groups in total. The molecule has 0 heterocycles. The van der Waals surface area contributed by atoms with Gasteiger partial charge in [-0.25, -0.2) is 0 Å². The number of carbonyl (C=O) groups is 1. The topological polar surface area (TPSA) is 35.5 Å². The summed E-state index contributed by atoms with van der Waals surface area (Å²) < 4.78 is 49.2. The molecule has 6 heteroatoms. The molecule has 0 fully saturated rings. The van der Waals surface area contributed by atoms with Gasteiger partial charge < -0.3 is 9.47 Å². The zero-order valence-corrected chi connectivity index (χ0v) is 17.7. The Morgan fingerprint density at radius 1 is 0.938 bits per heavy atom. The quantitative estimate of drug-likeness (QED) is 0.394. The average Bonchev–Trinajstić information content (AvgIpc) is 3.27. The van der Waals surface area contributed by atoms with Gasteiger partial charge in [0, 0.05) is 6.07 Å². The van der Waals surface area contributed by atoms with E-state index in [1.165, 1.54) is 6.07 Å². The third-order valence-electron chi connectivity index (χ3n) is 5.79. The highest BCUT2D eigenvalue weighted by molar-refractivity contribution is 5.84. The Morgan fingerprint density at radius 2 is 1.69 bits per heavy atom. The SMILES string of the molecule is Cc1c(COc2cc(OCC(F)(F)F)c(C=O)c3c2CCC3)cccc1-c1ccccc1. The standard InChI is InChI=1S/C26H23F3O3/c1-17-19(9-5-10-20(17)18-7-3-2-4-8-18)15-31-24-13-25(32-16-26(27,28)29)23(14-30)21-11-6-12-22(21)24/h2-5,7-10,13-14H,6,11-12,15-16H2,1H3. The van der Waals surface area contributed by atoms with Crippen molar-refractivity contribution in [1.82, 2.24) is 0 Å². The molecule has 166 valence electrons. The third-order valence-corrected chi connectivity index (χ3v) is 5.79. The molecule has 32 heavy (non-hydrogen) atoms. The summed E-state index contributed by atoms with van der Waals surface area (Å²) in [5.74, 6) is 0.396. The first-order valence-electron chi connectivity index (χ1n) is 10.5. The number of alkyl halides is 3. The number of hydrogen-bond acceptors (Lipinski definition) is 3. The van der Waals surface area contributed by atoms with Gasteiger partial charge in [-0.1, -0.05) is 48.5 Å². The fourth-order valence-electron chi connectivity index (χ4n) is 4.21. The van der Waals surface area contributed by atoms with Crippen LogP contribution >= 0.6 is 0 Å². The van der Waals surface area contributed by atoms with E-state index in [1.54, 1.807) is 0 Å². The van der Waals surface area contributed by atoms with Crippen LogP contribution in [0.5, 0.6) is 11.5 Å². The minimum Gasteiger partial charge on any atom is -0.488 e. The van der Waals surface area contributed by atoms with E-state index >= 15 is 0 Å². The van der Waals surface area contributed by atoms with E-state index in [1.807, 2.05) is 55.5 Å². The van der Waals surface area contributed by atoms with Gasteiger partial charge >= 0.3 is 6.18 Å². The van der Waals surface area contributed by atoms with Crippen LogP contribution in [-0.2, 0) is 19.4 Å². The Hall–Kier alpha value is -3.28. The van der Waals surface area contributed by atoms with E-state index in [-0.39, 0.29) is 17.9 Å². The normalized spacial score (nSPS) is 13.0. The van der Waals surface area contributed by atoms with Crippen molar-refractivity contribution in [3.05, 3.63) is 82.4 Å². The summed E-state index contributed by atoms with van der Waals surface area (Å²) in [5, 5.41) is 0. The molecule has 1 aliphatic rings. The van der Waals surface area contributed by atoms with Gasteiger partial charge in [-0.2, -0.15) is 13.2 Å². The molecule has 3 aromatic rings. The van der Waals surface area contributed by atoms with Gasteiger partial charge in [0.2, 0.25) is 0 Å². The summed E-state index contributed by atoms with van der Waals surface area (Å²) in [6, 6.07) is 17.4. The molecule has 0 saturated heterocycles. The lowest BCUT2D eigenvalue weighted by Crippen LogP contribution is -2.20. The van der Waals surface area contributed by atoms with Crippen LogP contribution in [0.1, 0.15) is 39.0 Å². The zero-order chi connectivity index (χ0) is 22.7. The number of aldehydes is 1. The average molecular weight is 440 g/mol. The first-order chi connectivity index (χ1) is 15.4. The van der Waals surface area contributed by atoms with Crippen LogP contribution < -0.4 is 9.47 Å². The number of ether oxygens (including phenoxy) is 2.